The van der Waals surface area contributed by atoms with Gasteiger partial charge in [-0.25, -0.2) is 0 Å². The second-order valence-corrected chi connectivity index (χ2v) is 6.12. The summed E-state index contributed by atoms with van der Waals surface area (Å²) in [6.07, 6.45) is 2.81. The second-order valence-electron chi connectivity index (χ2n) is 4.49. The van der Waals surface area contributed by atoms with E-state index in [4.69, 9.17) is 4.74 Å². The molecule has 0 saturated carbocycles. The lowest BCUT2D eigenvalue weighted by Crippen LogP contribution is -2.15. The summed E-state index contributed by atoms with van der Waals surface area (Å²) in [5.41, 5.74) is 0.971. The highest BCUT2D eigenvalue weighted by molar-refractivity contribution is 7.92. The van der Waals surface area contributed by atoms with Crippen LogP contribution in [-0.4, -0.2) is 35.5 Å². The van der Waals surface area contributed by atoms with E-state index in [2.05, 4.69) is 19.9 Å². The smallest absolute Gasteiger partial charge is 0.283 e. The number of nitrogens with zero attached hydrogens (tertiary/aromatic N) is 4. The van der Waals surface area contributed by atoms with Crippen molar-refractivity contribution in [2.24, 2.45) is 7.05 Å². The fourth-order valence-corrected chi connectivity index (χ4v) is 3.04. The number of ether oxygens (including phenoxy) is 1. The van der Waals surface area contributed by atoms with Gasteiger partial charge in [0.05, 0.1) is 18.8 Å². The third kappa shape index (κ3) is 2.46. The van der Waals surface area contributed by atoms with Gasteiger partial charge in [0.2, 0.25) is 5.03 Å². The van der Waals surface area contributed by atoms with Crippen molar-refractivity contribution in [3.05, 3.63) is 36.7 Å². The number of benzene rings is 1. The number of hydrogen-bond donors (Lipinski definition) is 1. The summed E-state index contributed by atoms with van der Waals surface area (Å²) in [5, 5.41) is 8.05. The number of anilines is 1. The molecule has 22 heavy (non-hydrogen) atoms. The predicted molar refractivity (Wildman–Crippen MR) is 80.1 cm³/mol. The Bertz CT molecular complexity index is 936. The summed E-state index contributed by atoms with van der Waals surface area (Å²) >= 11 is 0. The molecular weight excluding hydrogens is 306 g/mol. The highest BCUT2D eigenvalue weighted by atomic mass is 32.2. The topological polar surface area (TPSA) is 99.0 Å². The van der Waals surface area contributed by atoms with Crippen molar-refractivity contribution in [2.75, 3.05) is 11.8 Å². The number of aromatic nitrogens is 4. The van der Waals surface area contributed by atoms with E-state index in [0.29, 0.717) is 22.3 Å². The molecule has 0 aliphatic carbocycles. The lowest BCUT2D eigenvalue weighted by Gasteiger charge is -2.13. The maximum absolute atomic E-state index is 12.4. The van der Waals surface area contributed by atoms with Crippen LogP contribution >= 0.6 is 0 Å². The van der Waals surface area contributed by atoms with Gasteiger partial charge in [-0.3, -0.25) is 9.71 Å². The van der Waals surface area contributed by atoms with Gasteiger partial charge in [0.25, 0.3) is 10.0 Å². The summed E-state index contributed by atoms with van der Waals surface area (Å²) in [5.74, 6) is 0.396. The van der Waals surface area contributed by atoms with Crippen molar-refractivity contribution in [2.45, 2.75) is 5.03 Å². The zero-order valence-corrected chi connectivity index (χ0v) is 12.7. The first-order valence-electron chi connectivity index (χ1n) is 6.32. The van der Waals surface area contributed by atoms with Crippen LogP contribution in [0.25, 0.3) is 10.9 Å². The Kier molecular flexibility index (Phi) is 3.41. The van der Waals surface area contributed by atoms with E-state index in [9.17, 15) is 8.42 Å². The lowest BCUT2D eigenvalue weighted by molar-refractivity contribution is 0.417. The molecule has 0 atom stereocenters. The molecule has 1 aromatic carbocycles. The molecule has 114 valence electrons. The molecule has 0 unspecified atom stereocenters. The molecular formula is C13H13N5O3S. The van der Waals surface area contributed by atoms with Gasteiger partial charge in [-0.15, -0.1) is 5.10 Å². The molecule has 1 N–H and O–H groups in total. The fourth-order valence-electron chi connectivity index (χ4n) is 2.04. The molecule has 0 saturated heterocycles. The van der Waals surface area contributed by atoms with Gasteiger partial charge in [-0.1, -0.05) is 0 Å². The second kappa shape index (κ2) is 5.26. The summed E-state index contributed by atoms with van der Waals surface area (Å²) in [6, 6.07) is 6.90. The third-order valence-corrected chi connectivity index (χ3v) is 4.27. The Labute approximate surface area is 126 Å². The van der Waals surface area contributed by atoms with Crippen molar-refractivity contribution in [3.8, 4) is 5.75 Å². The number of fused-ring (bicyclic) bond motifs is 1. The van der Waals surface area contributed by atoms with Crippen LogP contribution in [-0.2, 0) is 17.1 Å². The first kappa shape index (κ1) is 14.3. The Morgan fingerprint density at radius 1 is 1.27 bits per heavy atom. The average molecular weight is 319 g/mol. The predicted octanol–water partition coefficient (Wildman–Crippen LogP) is 1.17. The van der Waals surface area contributed by atoms with E-state index in [0.717, 1.165) is 0 Å². The Morgan fingerprint density at radius 2 is 2.09 bits per heavy atom. The van der Waals surface area contributed by atoms with Gasteiger partial charge in [0.15, 0.2) is 0 Å². The standard InChI is InChI=1S/C13H13N5O3S/c1-18-15-8-12(16-18)22(19,20)17-13-9-4-3-7-14-10(9)5-6-11(13)21-2/h3-8,17H,1-2H3. The molecule has 0 aliphatic rings. The van der Waals surface area contributed by atoms with Gasteiger partial charge in [-0.2, -0.15) is 18.3 Å². The molecule has 0 radical (unpaired) electrons. The summed E-state index contributed by atoms with van der Waals surface area (Å²) in [4.78, 5) is 5.38. The molecule has 0 aliphatic heterocycles. The van der Waals surface area contributed by atoms with Crippen LogP contribution in [0.3, 0.4) is 0 Å². The number of rotatable bonds is 4. The van der Waals surface area contributed by atoms with E-state index in [1.54, 1.807) is 37.5 Å². The number of sulfonamides is 1. The van der Waals surface area contributed by atoms with Crippen LogP contribution in [0.4, 0.5) is 5.69 Å². The van der Waals surface area contributed by atoms with Crippen molar-refractivity contribution in [1.82, 2.24) is 20.0 Å². The summed E-state index contributed by atoms with van der Waals surface area (Å²) in [6.45, 7) is 0. The average Bonchev–Trinajstić information content (AvgIpc) is 2.95. The van der Waals surface area contributed by atoms with Crippen LogP contribution in [0, 0.1) is 0 Å². The summed E-state index contributed by atoms with van der Waals surface area (Å²) < 4.78 is 32.6. The molecule has 0 spiro atoms. The molecule has 0 bridgehead atoms. The summed E-state index contributed by atoms with van der Waals surface area (Å²) in [7, 11) is -0.856. The highest BCUT2D eigenvalue weighted by Gasteiger charge is 2.21. The Balaban J connectivity index is 2.13. The normalized spacial score (nSPS) is 11.5. The Morgan fingerprint density at radius 3 is 2.77 bits per heavy atom. The first-order valence-corrected chi connectivity index (χ1v) is 7.80. The largest absolute Gasteiger partial charge is 0.495 e. The van der Waals surface area contributed by atoms with E-state index < -0.39 is 10.0 Å². The third-order valence-electron chi connectivity index (χ3n) is 3.06. The molecule has 0 fully saturated rings. The number of methoxy groups -OCH3 is 1. The molecule has 2 heterocycles. The van der Waals surface area contributed by atoms with Gasteiger partial charge in [0, 0.05) is 18.6 Å². The number of hydrogen-bond acceptors (Lipinski definition) is 6. The number of aryl methyl sites for hydroxylation is 1. The lowest BCUT2D eigenvalue weighted by atomic mass is 10.2. The van der Waals surface area contributed by atoms with Crippen molar-refractivity contribution >= 4 is 26.6 Å². The van der Waals surface area contributed by atoms with Crippen molar-refractivity contribution < 1.29 is 13.2 Å². The van der Waals surface area contributed by atoms with Gasteiger partial charge in [0.1, 0.15) is 11.4 Å². The van der Waals surface area contributed by atoms with Gasteiger partial charge >= 0.3 is 0 Å². The first-order chi connectivity index (χ1) is 10.5. The molecule has 9 heteroatoms. The Hall–Kier alpha value is -2.68. The maximum atomic E-state index is 12.4. The zero-order valence-electron chi connectivity index (χ0n) is 11.9. The van der Waals surface area contributed by atoms with E-state index in [1.165, 1.54) is 18.1 Å². The van der Waals surface area contributed by atoms with Crippen molar-refractivity contribution in [3.63, 3.8) is 0 Å². The van der Waals surface area contributed by atoms with Crippen LogP contribution in [0.15, 0.2) is 41.7 Å². The monoisotopic (exact) mass is 319 g/mol. The van der Waals surface area contributed by atoms with E-state index >= 15 is 0 Å². The maximum Gasteiger partial charge on any atom is 0.283 e. The molecule has 0 amide bonds. The minimum atomic E-state index is -3.87. The zero-order chi connectivity index (χ0) is 15.7. The van der Waals surface area contributed by atoms with Crippen LogP contribution < -0.4 is 9.46 Å². The molecule has 8 nitrogen and oxygen atoms in total. The molecule has 3 aromatic rings. The van der Waals surface area contributed by atoms with Gasteiger partial charge in [-0.05, 0) is 24.3 Å². The van der Waals surface area contributed by atoms with Crippen LogP contribution in [0.1, 0.15) is 0 Å². The quantitative estimate of drug-likeness (QED) is 0.775. The number of pyridine rings is 1. The SMILES string of the molecule is COc1ccc2ncccc2c1NS(=O)(=O)c1cnn(C)n1. The minimum absolute atomic E-state index is 0.169. The number of nitrogens with one attached hydrogen (secondary N) is 1. The van der Waals surface area contributed by atoms with E-state index in [1.807, 2.05) is 0 Å². The highest BCUT2D eigenvalue weighted by Crippen LogP contribution is 2.33. The molecule has 3 rings (SSSR count). The van der Waals surface area contributed by atoms with Crippen LogP contribution in [0.2, 0.25) is 0 Å². The van der Waals surface area contributed by atoms with Crippen molar-refractivity contribution in [1.29, 1.82) is 0 Å². The van der Waals surface area contributed by atoms with Crippen LogP contribution in [0.5, 0.6) is 5.75 Å². The minimum Gasteiger partial charge on any atom is -0.495 e. The van der Waals surface area contributed by atoms with E-state index in [-0.39, 0.29) is 5.03 Å². The van der Waals surface area contributed by atoms with Gasteiger partial charge < -0.3 is 4.74 Å². The fraction of sp³-hybridized carbons (Fsp3) is 0.154. The molecule has 2 aromatic heterocycles.